The topological polar surface area (TPSA) is 146 Å². The van der Waals surface area contributed by atoms with E-state index in [1.807, 2.05) is 12.1 Å². The summed E-state index contributed by atoms with van der Waals surface area (Å²) in [7, 11) is 0. The molecule has 2 aromatic rings. The number of aliphatic imine (C=N–C) groups is 2. The van der Waals surface area contributed by atoms with Gasteiger partial charge >= 0.3 is 0 Å². The highest BCUT2D eigenvalue weighted by Gasteiger charge is 2.18. The summed E-state index contributed by atoms with van der Waals surface area (Å²) in [6, 6.07) is 3.78. The minimum absolute atomic E-state index is 0.0869. The fraction of sp³-hybridized carbons (Fsp3) is 0. The third kappa shape index (κ3) is 2.44. The largest absolute Gasteiger partial charge is 0.232 e. The van der Waals surface area contributed by atoms with Crippen LogP contribution in [0.15, 0.2) is 22.1 Å². The van der Waals surface area contributed by atoms with Crippen LogP contribution in [-0.4, -0.2) is 21.4 Å². The van der Waals surface area contributed by atoms with E-state index in [2.05, 4.69) is 20.0 Å². The molecule has 0 amide bonds. The number of hydrogen-bond donors (Lipinski definition) is 0. The molecule has 1 aromatic heterocycles. The van der Waals surface area contributed by atoms with E-state index in [4.69, 9.17) is 10.5 Å². The molecule has 1 aromatic carbocycles. The van der Waals surface area contributed by atoms with Crippen LogP contribution in [0.1, 0.15) is 22.5 Å². The zero-order valence-corrected chi connectivity index (χ0v) is 14.0. The van der Waals surface area contributed by atoms with Crippen molar-refractivity contribution in [1.82, 2.24) is 9.97 Å². The molecular formula is C20H6N8. The van der Waals surface area contributed by atoms with E-state index in [1.54, 1.807) is 48.8 Å². The Morgan fingerprint density at radius 1 is 0.643 bits per heavy atom. The summed E-state index contributed by atoms with van der Waals surface area (Å²) in [6.07, 6.45) is 13.9. The highest BCUT2D eigenvalue weighted by Crippen LogP contribution is 2.17. The average molecular weight is 358 g/mol. The molecule has 2 aliphatic rings. The van der Waals surface area contributed by atoms with E-state index in [1.165, 1.54) is 0 Å². The van der Waals surface area contributed by atoms with Gasteiger partial charge in [-0.25, -0.2) is 9.97 Å². The number of benzene rings is 1. The van der Waals surface area contributed by atoms with Crippen molar-refractivity contribution in [3.05, 3.63) is 45.1 Å². The molecule has 8 nitrogen and oxygen atoms in total. The molecule has 0 radical (unpaired) electrons. The fourth-order valence-electron chi connectivity index (χ4n) is 3.15. The maximum Gasteiger partial charge on any atom is 0.206 e. The number of aromatic nitrogens is 2. The standard InChI is InChI=1S/C20H6N8/c21-7-17-18(8-22)28-20-16-6-12(26-10-24)2-4-14(16)13-3-1-11(25-9-23)5-15(13)19(20)27-17/h1-6H/b25-11+,26-12+. The first-order chi connectivity index (χ1) is 13.7. The van der Waals surface area contributed by atoms with Crippen LogP contribution < -0.4 is 10.4 Å². The highest BCUT2D eigenvalue weighted by molar-refractivity contribution is 6.24. The third-order valence-corrected chi connectivity index (χ3v) is 4.27. The fourth-order valence-corrected chi connectivity index (χ4v) is 3.15. The number of hydrogen-bond acceptors (Lipinski definition) is 8. The van der Waals surface area contributed by atoms with Gasteiger partial charge < -0.3 is 0 Å². The zero-order valence-electron chi connectivity index (χ0n) is 14.0. The van der Waals surface area contributed by atoms with Gasteiger partial charge in [-0.3, -0.25) is 0 Å². The Kier molecular flexibility index (Phi) is 3.80. The molecule has 28 heavy (non-hydrogen) atoms. The van der Waals surface area contributed by atoms with Crippen LogP contribution in [-0.2, 0) is 0 Å². The van der Waals surface area contributed by atoms with Gasteiger partial charge in [-0.1, -0.05) is 12.2 Å². The molecular weight excluding hydrogens is 352 g/mol. The van der Waals surface area contributed by atoms with Gasteiger partial charge in [0.1, 0.15) is 12.1 Å². The lowest BCUT2D eigenvalue weighted by molar-refractivity contribution is 1.18. The van der Waals surface area contributed by atoms with Crippen LogP contribution in [0.5, 0.6) is 0 Å². The number of rotatable bonds is 0. The molecule has 0 N–H and O–H groups in total. The summed E-state index contributed by atoms with van der Waals surface area (Å²) in [4.78, 5) is 16.2. The van der Waals surface area contributed by atoms with Crippen molar-refractivity contribution in [2.24, 2.45) is 9.98 Å². The molecule has 0 saturated carbocycles. The molecule has 4 rings (SSSR count). The van der Waals surface area contributed by atoms with E-state index in [9.17, 15) is 10.5 Å². The molecule has 0 unspecified atom stereocenters. The van der Waals surface area contributed by atoms with Crippen LogP contribution in [0.3, 0.4) is 0 Å². The second kappa shape index (κ2) is 6.42. The van der Waals surface area contributed by atoms with Gasteiger partial charge in [0.05, 0.1) is 22.5 Å². The van der Waals surface area contributed by atoms with Crippen molar-refractivity contribution in [2.45, 2.75) is 0 Å². The summed E-state index contributed by atoms with van der Waals surface area (Å²) in [5.74, 6) is 0. The lowest BCUT2D eigenvalue weighted by Crippen LogP contribution is -2.27. The Labute approximate surface area is 158 Å². The predicted octanol–water partition coefficient (Wildman–Crippen LogP) is 0.832. The summed E-state index contributed by atoms with van der Waals surface area (Å²) in [6.45, 7) is 0. The molecule has 1 heterocycles. The average Bonchev–Trinajstić information content (AvgIpc) is 2.73. The summed E-state index contributed by atoms with van der Waals surface area (Å²) in [5, 5.41) is 37.7. The van der Waals surface area contributed by atoms with Crippen molar-refractivity contribution < 1.29 is 0 Å². The summed E-state index contributed by atoms with van der Waals surface area (Å²) >= 11 is 0. The second-order valence-corrected chi connectivity index (χ2v) is 5.73. The third-order valence-electron chi connectivity index (χ3n) is 4.27. The lowest BCUT2D eigenvalue weighted by atomic mass is 9.92. The molecule has 0 fully saturated rings. The van der Waals surface area contributed by atoms with E-state index < -0.39 is 0 Å². The van der Waals surface area contributed by atoms with Gasteiger partial charge in [-0.05, 0) is 35.4 Å². The Hall–Kier alpha value is -4.92. The number of nitrogens with zero attached hydrogens (tertiary/aromatic N) is 8. The maximum absolute atomic E-state index is 9.33. The first-order valence-electron chi connectivity index (χ1n) is 7.91. The Balaban J connectivity index is 2.28. The van der Waals surface area contributed by atoms with Gasteiger partial charge in [-0.2, -0.15) is 31.0 Å². The van der Waals surface area contributed by atoms with Gasteiger partial charge in [0.2, 0.25) is 12.4 Å². The minimum atomic E-state index is -0.0869. The van der Waals surface area contributed by atoms with Gasteiger partial charge in [0.15, 0.2) is 11.4 Å². The van der Waals surface area contributed by atoms with Crippen LogP contribution in [0.4, 0.5) is 0 Å². The molecule has 2 aliphatic carbocycles. The van der Waals surface area contributed by atoms with Crippen LogP contribution in [0.2, 0.25) is 0 Å². The Bertz CT molecular complexity index is 1380. The molecule has 0 bridgehead atoms. The van der Waals surface area contributed by atoms with E-state index in [0.717, 1.165) is 11.1 Å². The van der Waals surface area contributed by atoms with E-state index >= 15 is 0 Å². The summed E-state index contributed by atoms with van der Waals surface area (Å²) in [5.41, 5.74) is 3.14. The zero-order chi connectivity index (χ0) is 19.7. The molecule has 8 heteroatoms. The van der Waals surface area contributed by atoms with Crippen LogP contribution in [0.25, 0.3) is 35.3 Å². The molecule has 0 saturated heterocycles. The minimum Gasteiger partial charge on any atom is -0.232 e. The molecule has 0 aliphatic heterocycles. The summed E-state index contributed by atoms with van der Waals surface area (Å²) < 4.78 is 0. The highest BCUT2D eigenvalue weighted by atomic mass is 14.8. The van der Waals surface area contributed by atoms with Crippen LogP contribution in [0, 0.1) is 45.6 Å². The monoisotopic (exact) mass is 358 g/mol. The second-order valence-electron chi connectivity index (χ2n) is 5.73. The quantitative estimate of drug-likeness (QED) is 0.637. The molecule has 0 spiro atoms. The van der Waals surface area contributed by atoms with Gasteiger partial charge in [-0.15, -0.1) is 0 Å². The Morgan fingerprint density at radius 2 is 1.07 bits per heavy atom. The van der Waals surface area contributed by atoms with Crippen molar-refractivity contribution in [3.63, 3.8) is 0 Å². The smallest absolute Gasteiger partial charge is 0.206 e. The maximum atomic E-state index is 9.33. The SMILES string of the molecule is N#C/N=C1\C=Cc2c3c(c4nc(C#N)c(C#N)nc4c2=C1)=C/C(=N/C#N)C=C3. The number of allylic oxidation sites excluding steroid dienone is 2. The predicted molar refractivity (Wildman–Crippen MR) is 101 cm³/mol. The van der Waals surface area contributed by atoms with Gasteiger partial charge in [0, 0.05) is 10.4 Å². The molecule has 126 valence electrons. The molecule has 0 atom stereocenters. The van der Waals surface area contributed by atoms with Crippen LogP contribution >= 0.6 is 0 Å². The number of nitriles is 4. The Morgan fingerprint density at radius 3 is 1.43 bits per heavy atom. The van der Waals surface area contributed by atoms with E-state index in [0.29, 0.717) is 32.9 Å². The van der Waals surface area contributed by atoms with Crippen molar-refractivity contribution >= 4 is 46.8 Å². The van der Waals surface area contributed by atoms with Crippen molar-refractivity contribution in [1.29, 1.82) is 21.0 Å². The van der Waals surface area contributed by atoms with Crippen molar-refractivity contribution in [2.75, 3.05) is 0 Å². The van der Waals surface area contributed by atoms with E-state index in [-0.39, 0.29) is 11.4 Å². The lowest BCUT2D eigenvalue weighted by Gasteiger charge is -2.14. The van der Waals surface area contributed by atoms with Crippen molar-refractivity contribution in [3.8, 4) is 24.5 Å². The normalized spacial score (nSPS) is 16.1. The first kappa shape index (κ1) is 16.5. The van der Waals surface area contributed by atoms with Gasteiger partial charge in [0.25, 0.3) is 0 Å². The first-order valence-corrected chi connectivity index (χ1v) is 7.91. The number of fused-ring (bicyclic) bond motifs is 6.